The number of hydrogen-bond acceptors (Lipinski definition) is 24. The number of aliphatic hydroxyl groups is 11. The highest BCUT2D eigenvalue weighted by Crippen LogP contribution is 2.76. The molecule has 5 heterocycles. The van der Waals surface area contributed by atoms with Gasteiger partial charge in [0.1, 0.15) is 78.8 Å². The summed E-state index contributed by atoms with van der Waals surface area (Å²) in [5, 5.41) is 126. The summed E-state index contributed by atoms with van der Waals surface area (Å²) in [4.78, 5) is 45.5. The third-order valence-electron chi connectivity index (χ3n) is 25.4. The van der Waals surface area contributed by atoms with Gasteiger partial charge in [-0.05, 0) is 148 Å². The molecule has 1 aromatic rings. The lowest BCUT2D eigenvalue weighted by Gasteiger charge is -2.71. The molecule has 0 bridgehead atoms. The summed E-state index contributed by atoms with van der Waals surface area (Å²) in [7, 11) is 0. The number of allylic oxidation sites excluding steroid dienone is 2. The number of rotatable bonds is 20. The SMILES string of the molecule is CC1O[C@@H](OC(=O)[C@]23CCC(C)(C)CC2C2=CCC4C5(C)CC[C@H](O[C@@H]6OC(C(=O)NCCCCCCCCc7ccc(N8CCOCC8)cc7)[C@@H](O)[C@H](O)C6O)[C@](C)(C=O)[C@@H]5CCC4(C)[C@]2(C)CC3O)C(O[C@@H]2OC(C)[C@H](O[C@@H]3OC[C@@H](O)[C@H](O)C3O)[C@H](O)C2O)[C@@H](O)[C@H]1O. The van der Waals surface area contributed by atoms with Gasteiger partial charge in [-0.25, -0.2) is 0 Å². The number of aryl methyl sites for hydroxylation is 1. The molecule has 96 heavy (non-hydrogen) atoms. The number of carbonyl (C=O) groups excluding carboxylic acids is 3. The van der Waals surface area contributed by atoms with Crippen LogP contribution < -0.4 is 10.2 Å². The number of aliphatic hydroxyl groups excluding tert-OH is 11. The van der Waals surface area contributed by atoms with E-state index in [2.05, 4.69) is 75.2 Å². The van der Waals surface area contributed by atoms with Crippen molar-refractivity contribution in [1.29, 1.82) is 0 Å². The summed E-state index contributed by atoms with van der Waals surface area (Å²) in [6.07, 6.45) is -18.2. The molecule has 0 radical (unpaired) electrons. The highest BCUT2D eigenvalue weighted by atomic mass is 16.8. The smallest absolute Gasteiger partial charge is 0.317 e. The number of esters is 1. The average molecular weight is 1360 g/mol. The van der Waals surface area contributed by atoms with E-state index in [0.717, 1.165) is 76.7 Å². The number of hydrogen-bond donors (Lipinski definition) is 12. The molecule has 0 aromatic heterocycles. The van der Waals surface area contributed by atoms with Crippen LogP contribution in [0, 0.1) is 50.2 Å². The minimum Gasteiger partial charge on any atom is -0.432 e. The summed E-state index contributed by atoms with van der Waals surface area (Å²) >= 11 is 0. The van der Waals surface area contributed by atoms with Crippen molar-refractivity contribution in [2.45, 2.75) is 287 Å². The van der Waals surface area contributed by atoms with Gasteiger partial charge in [0.25, 0.3) is 5.91 Å². The second-order valence-corrected chi connectivity index (χ2v) is 31.7. The number of aldehydes is 1. The molecule has 5 saturated heterocycles. The lowest BCUT2D eigenvalue weighted by molar-refractivity contribution is -0.373. The van der Waals surface area contributed by atoms with Gasteiger partial charge in [-0.1, -0.05) is 91.0 Å². The molecule has 10 aliphatic rings. The Morgan fingerprint density at radius 2 is 1.27 bits per heavy atom. The van der Waals surface area contributed by atoms with Gasteiger partial charge in [-0.3, -0.25) is 9.59 Å². The van der Waals surface area contributed by atoms with Gasteiger partial charge < -0.3 is 114 Å². The van der Waals surface area contributed by atoms with E-state index in [1.807, 2.05) is 6.92 Å². The number of nitrogens with zero attached hydrogens (tertiary/aromatic N) is 1. The fourth-order valence-electron chi connectivity index (χ4n) is 19.3. The highest BCUT2D eigenvalue weighted by Gasteiger charge is 2.73. The Bertz CT molecular complexity index is 2870. The van der Waals surface area contributed by atoms with Gasteiger partial charge in [0, 0.05) is 25.3 Å². The van der Waals surface area contributed by atoms with Crippen LogP contribution in [0.5, 0.6) is 0 Å². The summed E-state index contributed by atoms with van der Waals surface area (Å²) in [6, 6.07) is 8.81. The molecule has 1 amide bonds. The van der Waals surface area contributed by atoms with Crippen LogP contribution in [0.15, 0.2) is 35.9 Å². The Balaban J connectivity index is 0.728. The molecule has 0 spiro atoms. The number of amides is 1. The van der Waals surface area contributed by atoms with Crippen LogP contribution in [-0.4, -0.2) is 243 Å². The summed E-state index contributed by atoms with van der Waals surface area (Å²) in [6.45, 7) is 19.1. The standard InChI is InChI=1S/C71H110N2O23/c1-37-48(77)51(80)59(95-62-56(85)53(82)57(38(2)91-62)93-61-54(83)49(78)43(75)35-89-61)64(90-37)96-65(87)71-27-26-66(3,4)33-42(71)41-20-21-45-67(5)24-23-47(68(6,36-74)44(67)22-25-69(45,7)70(41,8)34-46(71)76)92-63-55(84)50(79)52(81)58(94-63)60(86)72-28-14-12-10-9-11-13-15-39-16-18-40(19-17-39)73-29-31-88-32-30-73/h16-20,36-38,42-59,61-64,75-85H,9-15,21-35H2,1-8H3,(H,72,86)/t37?,38?,42?,43-,44-,45?,46?,47+,48+,49+,50+,51+,52+,53-,54?,55?,56?,57+,58?,59?,61+,62+,63-,64+,67?,68-,69?,70-,71-/m1/s1. The van der Waals surface area contributed by atoms with E-state index < -0.39 is 174 Å². The zero-order valence-electron chi connectivity index (χ0n) is 57.1. The van der Waals surface area contributed by atoms with Crippen molar-refractivity contribution in [1.82, 2.24) is 5.32 Å². The highest BCUT2D eigenvalue weighted by molar-refractivity contribution is 5.82. The van der Waals surface area contributed by atoms with Crippen molar-refractivity contribution in [3.63, 3.8) is 0 Å². The van der Waals surface area contributed by atoms with E-state index in [0.29, 0.717) is 57.9 Å². The third kappa shape index (κ3) is 13.6. The normalized spacial score (nSPS) is 47.0. The number of benzene rings is 1. The third-order valence-corrected chi connectivity index (χ3v) is 25.4. The Hall–Kier alpha value is -3.39. The zero-order chi connectivity index (χ0) is 69.2. The van der Waals surface area contributed by atoms with E-state index >= 15 is 4.79 Å². The number of nitrogens with one attached hydrogen (secondary N) is 1. The first-order valence-corrected chi connectivity index (χ1v) is 35.5. The molecule has 1 aromatic carbocycles. The number of fused-ring (bicyclic) bond motifs is 7. The molecule has 5 aliphatic heterocycles. The molecule has 25 heteroatoms. The van der Waals surface area contributed by atoms with Gasteiger partial charge in [-0.2, -0.15) is 0 Å². The first-order valence-electron chi connectivity index (χ1n) is 35.5. The van der Waals surface area contributed by atoms with Crippen molar-refractivity contribution < 1.29 is 113 Å². The Labute approximate surface area is 563 Å². The van der Waals surface area contributed by atoms with E-state index in [1.54, 1.807) is 0 Å². The second kappa shape index (κ2) is 29.2. The number of ether oxygens (including phenoxy) is 9. The van der Waals surface area contributed by atoms with Crippen molar-refractivity contribution in [2.75, 3.05) is 44.4 Å². The van der Waals surface area contributed by atoms with Crippen LogP contribution in [0.3, 0.4) is 0 Å². The van der Waals surface area contributed by atoms with E-state index in [-0.39, 0.29) is 36.7 Å². The number of carbonyl (C=O) groups is 3. The quantitative estimate of drug-likeness (QED) is 0.0293. The summed E-state index contributed by atoms with van der Waals surface area (Å²) in [5.74, 6) is -2.26. The van der Waals surface area contributed by atoms with Crippen LogP contribution in [0.4, 0.5) is 5.69 Å². The summed E-state index contributed by atoms with van der Waals surface area (Å²) < 4.78 is 53.9. The minimum atomic E-state index is -1.90. The zero-order valence-corrected chi connectivity index (χ0v) is 57.1. The Kier molecular flexibility index (Phi) is 22.4. The molecule has 4 saturated carbocycles. The van der Waals surface area contributed by atoms with Gasteiger partial charge in [0.05, 0.1) is 49.7 Å². The lowest BCUT2D eigenvalue weighted by Crippen LogP contribution is -2.69. The predicted molar refractivity (Wildman–Crippen MR) is 343 cm³/mol. The van der Waals surface area contributed by atoms with Crippen molar-refractivity contribution in [3.05, 3.63) is 41.5 Å². The molecule has 5 aliphatic carbocycles. The molecule has 542 valence electrons. The molecule has 9 fully saturated rings. The summed E-state index contributed by atoms with van der Waals surface area (Å²) in [5.41, 5.74) is -1.00. The van der Waals surface area contributed by atoms with E-state index in [4.69, 9.17) is 42.6 Å². The Morgan fingerprint density at radius 1 is 0.635 bits per heavy atom. The molecule has 29 atom stereocenters. The maximum Gasteiger partial charge on any atom is 0.317 e. The van der Waals surface area contributed by atoms with Crippen LogP contribution in [-0.2, 0) is 63.4 Å². The maximum atomic E-state index is 15.6. The fraction of sp³-hybridized carbons (Fsp3) is 0.845. The molecular weight excluding hydrogens is 1250 g/mol. The molecule has 12 N–H and O–H groups in total. The number of morpholine rings is 1. The van der Waals surface area contributed by atoms with Crippen molar-refractivity contribution in [3.8, 4) is 0 Å². The van der Waals surface area contributed by atoms with E-state index in [1.165, 1.54) is 25.1 Å². The van der Waals surface area contributed by atoms with Gasteiger partial charge >= 0.3 is 5.97 Å². The molecule has 25 nitrogen and oxygen atoms in total. The van der Waals surface area contributed by atoms with Crippen molar-refractivity contribution in [2.24, 2.45) is 50.2 Å². The second-order valence-electron chi connectivity index (χ2n) is 31.7. The van der Waals surface area contributed by atoms with Crippen LogP contribution in [0.1, 0.15) is 157 Å². The van der Waals surface area contributed by atoms with Crippen LogP contribution in [0.25, 0.3) is 0 Å². The van der Waals surface area contributed by atoms with Gasteiger partial charge in [0.15, 0.2) is 31.1 Å². The monoisotopic (exact) mass is 1360 g/mol. The van der Waals surface area contributed by atoms with Crippen LogP contribution in [0.2, 0.25) is 0 Å². The first-order chi connectivity index (χ1) is 45.4. The Morgan fingerprint density at radius 3 is 1.98 bits per heavy atom. The number of unbranched alkanes of at least 4 members (excludes halogenated alkanes) is 5. The van der Waals surface area contributed by atoms with Crippen molar-refractivity contribution >= 4 is 23.9 Å². The number of anilines is 1. The topological polar surface area (TPSA) is 372 Å². The fourth-order valence-corrected chi connectivity index (χ4v) is 19.3. The maximum absolute atomic E-state index is 15.6. The lowest BCUT2D eigenvalue weighted by atomic mass is 9.33. The van der Waals surface area contributed by atoms with Gasteiger partial charge in [0.2, 0.25) is 6.29 Å². The largest absolute Gasteiger partial charge is 0.432 e. The predicted octanol–water partition coefficient (Wildman–Crippen LogP) is 2.35. The molecule has 12 unspecified atom stereocenters. The molecule has 11 rings (SSSR count). The molecular formula is C71H110N2O23. The average Bonchev–Trinajstić information content (AvgIpc) is 0.672. The first kappa shape index (κ1) is 73.8. The van der Waals surface area contributed by atoms with Crippen LogP contribution >= 0.6 is 0 Å². The van der Waals surface area contributed by atoms with Gasteiger partial charge in [-0.15, -0.1) is 0 Å². The van der Waals surface area contributed by atoms with E-state index in [9.17, 15) is 65.8 Å². The minimum absolute atomic E-state index is 0.0326.